The van der Waals surface area contributed by atoms with E-state index in [1.165, 1.54) is 7.11 Å². The molecular formula is C22H20N4O4. The molecule has 0 saturated carbocycles. The molecule has 1 aromatic heterocycles. The average molecular weight is 404 g/mol. The van der Waals surface area contributed by atoms with Crippen LogP contribution in [0.1, 0.15) is 15.9 Å². The molecule has 0 atom stereocenters. The van der Waals surface area contributed by atoms with Gasteiger partial charge in [-0.05, 0) is 34.9 Å². The van der Waals surface area contributed by atoms with Crippen molar-refractivity contribution in [2.75, 3.05) is 17.7 Å². The van der Waals surface area contributed by atoms with Crippen molar-refractivity contribution in [2.24, 2.45) is 5.73 Å². The normalized spacial score (nSPS) is 10.2. The number of pyridine rings is 1. The third-order valence-corrected chi connectivity index (χ3v) is 4.34. The number of nitrogens with zero attached hydrogens (tertiary/aromatic N) is 1. The first-order valence-corrected chi connectivity index (χ1v) is 9.06. The summed E-state index contributed by atoms with van der Waals surface area (Å²) in [6.07, 6.45) is 1.56. The molecule has 0 aliphatic heterocycles. The predicted molar refractivity (Wildman–Crippen MR) is 113 cm³/mol. The maximum Gasteiger partial charge on any atom is 0.338 e. The zero-order valence-corrected chi connectivity index (χ0v) is 16.2. The van der Waals surface area contributed by atoms with Gasteiger partial charge in [0.05, 0.1) is 18.4 Å². The molecule has 0 radical (unpaired) electrons. The second-order valence-corrected chi connectivity index (χ2v) is 6.31. The van der Waals surface area contributed by atoms with Crippen LogP contribution in [0.25, 0.3) is 11.1 Å². The van der Waals surface area contributed by atoms with Crippen molar-refractivity contribution in [3.05, 3.63) is 78.0 Å². The number of carbonyl (C=O) groups is 3. The summed E-state index contributed by atoms with van der Waals surface area (Å²) in [7, 11) is 1.35. The molecule has 0 aliphatic carbocycles. The van der Waals surface area contributed by atoms with Gasteiger partial charge < -0.3 is 21.1 Å². The highest BCUT2D eigenvalue weighted by Crippen LogP contribution is 2.25. The van der Waals surface area contributed by atoms with Crippen LogP contribution in [0, 0.1) is 0 Å². The first-order chi connectivity index (χ1) is 14.5. The van der Waals surface area contributed by atoms with Gasteiger partial charge in [0.2, 0.25) is 0 Å². The van der Waals surface area contributed by atoms with E-state index in [9.17, 15) is 14.4 Å². The van der Waals surface area contributed by atoms with E-state index in [4.69, 9.17) is 10.5 Å². The molecule has 1 heterocycles. The second kappa shape index (κ2) is 9.33. The van der Waals surface area contributed by atoms with E-state index in [2.05, 4.69) is 15.6 Å². The average Bonchev–Trinajstić information content (AvgIpc) is 2.78. The third-order valence-electron chi connectivity index (χ3n) is 4.34. The third kappa shape index (κ3) is 4.79. The highest BCUT2D eigenvalue weighted by molar-refractivity contribution is 6.39. The molecular weight excluding hydrogens is 384 g/mol. The SMILES string of the molecule is COC(=O)c1ccccc1-c1ccc(CNc2ncccc2NC(=O)C(N)=O)cc1. The fourth-order valence-corrected chi connectivity index (χ4v) is 2.84. The Hall–Kier alpha value is -4.20. The Labute approximate surface area is 173 Å². The number of hydrogen-bond donors (Lipinski definition) is 3. The van der Waals surface area contributed by atoms with E-state index >= 15 is 0 Å². The Kier molecular flexibility index (Phi) is 6.39. The van der Waals surface area contributed by atoms with Crippen molar-refractivity contribution in [3.63, 3.8) is 0 Å². The van der Waals surface area contributed by atoms with Gasteiger partial charge in [-0.3, -0.25) is 9.59 Å². The smallest absolute Gasteiger partial charge is 0.338 e. The first kappa shape index (κ1) is 20.5. The Morgan fingerprint density at radius 3 is 2.43 bits per heavy atom. The molecule has 0 unspecified atom stereocenters. The molecule has 0 fully saturated rings. The number of methoxy groups -OCH3 is 1. The molecule has 3 rings (SSSR count). The lowest BCUT2D eigenvalue weighted by Gasteiger charge is -2.12. The summed E-state index contributed by atoms with van der Waals surface area (Å²) >= 11 is 0. The lowest BCUT2D eigenvalue weighted by Crippen LogP contribution is -2.29. The molecule has 0 aliphatic rings. The van der Waals surface area contributed by atoms with Crippen LogP contribution in [0.3, 0.4) is 0 Å². The number of amides is 2. The van der Waals surface area contributed by atoms with Crippen LogP contribution in [0.4, 0.5) is 11.5 Å². The van der Waals surface area contributed by atoms with Crippen LogP contribution in [0.15, 0.2) is 66.9 Å². The monoisotopic (exact) mass is 404 g/mol. The highest BCUT2D eigenvalue weighted by atomic mass is 16.5. The van der Waals surface area contributed by atoms with Gasteiger partial charge in [-0.25, -0.2) is 9.78 Å². The van der Waals surface area contributed by atoms with Gasteiger partial charge in [0.1, 0.15) is 5.82 Å². The molecule has 30 heavy (non-hydrogen) atoms. The van der Waals surface area contributed by atoms with Gasteiger partial charge >= 0.3 is 17.8 Å². The number of nitrogens with one attached hydrogen (secondary N) is 2. The lowest BCUT2D eigenvalue weighted by molar-refractivity contribution is -0.134. The van der Waals surface area contributed by atoms with E-state index < -0.39 is 17.8 Å². The van der Waals surface area contributed by atoms with Gasteiger partial charge in [0.25, 0.3) is 0 Å². The fourth-order valence-electron chi connectivity index (χ4n) is 2.84. The Balaban J connectivity index is 1.73. The van der Waals surface area contributed by atoms with Crippen LogP contribution in [0.2, 0.25) is 0 Å². The van der Waals surface area contributed by atoms with Crippen LogP contribution in [0.5, 0.6) is 0 Å². The van der Waals surface area contributed by atoms with Crippen molar-refractivity contribution in [3.8, 4) is 11.1 Å². The molecule has 4 N–H and O–H groups in total. The Morgan fingerprint density at radius 2 is 1.73 bits per heavy atom. The van der Waals surface area contributed by atoms with Crippen molar-refractivity contribution in [1.29, 1.82) is 0 Å². The zero-order chi connectivity index (χ0) is 21.5. The number of esters is 1. The molecule has 8 heteroatoms. The lowest BCUT2D eigenvalue weighted by atomic mass is 9.99. The van der Waals surface area contributed by atoms with Crippen molar-refractivity contribution >= 4 is 29.3 Å². The van der Waals surface area contributed by atoms with E-state index in [-0.39, 0.29) is 0 Å². The number of primary amides is 1. The molecule has 3 aromatic rings. The maximum absolute atomic E-state index is 12.0. The molecule has 8 nitrogen and oxygen atoms in total. The number of rotatable bonds is 6. The van der Waals surface area contributed by atoms with Gasteiger partial charge in [-0.2, -0.15) is 0 Å². The molecule has 0 bridgehead atoms. The Bertz CT molecular complexity index is 1080. The zero-order valence-electron chi connectivity index (χ0n) is 16.2. The second-order valence-electron chi connectivity index (χ2n) is 6.31. The van der Waals surface area contributed by atoms with Crippen LogP contribution < -0.4 is 16.4 Å². The van der Waals surface area contributed by atoms with Crippen molar-refractivity contribution < 1.29 is 19.1 Å². The number of carbonyl (C=O) groups excluding carboxylic acids is 3. The van der Waals surface area contributed by atoms with Gasteiger partial charge in [-0.1, -0.05) is 42.5 Å². The minimum atomic E-state index is -1.08. The minimum absolute atomic E-state index is 0.352. The molecule has 152 valence electrons. The number of hydrogen-bond acceptors (Lipinski definition) is 6. The summed E-state index contributed by atoms with van der Waals surface area (Å²) in [4.78, 5) is 38.7. The summed E-state index contributed by atoms with van der Waals surface area (Å²) in [5.41, 5.74) is 8.44. The van der Waals surface area contributed by atoms with Crippen LogP contribution in [-0.4, -0.2) is 29.9 Å². The van der Waals surface area contributed by atoms with Gasteiger partial charge in [-0.15, -0.1) is 0 Å². The maximum atomic E-state index is 12.0. The standard InChI is InChI=1S/C22H20N4O4/c1-30-22(29)17-6-3-2-5-16(17)15-10-8-14(9-11-15)13-25-20-18(7-4-12-24-20)26-21(28)19(23)27/h2-12H,13H2,1H3,(H2,23,27)(H,24,25)(H,26,28). The minimum Gasteiger partial charge on any atom is -0.465 e. The summed E-state index contributed by atoms with van der Waals surface area (Å²) in [5.74, 6) is -1.98. The van der Waals surface area contributed by atoms with E-state index in [0.717, 1.165) is 16.7 Å². The summed E-state index contributed by atoms with van der Waals surface area (Å²) in [5, 5.41) is 5.54. The molecule has 2 aromatic carbocycles. The summed E-state index contributed by atoms with van der Waals surface area (Å²) in [6.45, 7) is 0.426. The van der Waals surface area contributed by atoms with Crippen LogP contribution >= 0.6 is 0 Å². The van der Waals surface area contributed by atoms with E-state index in [1.807, 2.05) is 36.4 Å². The number of ether oxygens (including phenoxy) is 1. The topological polar surface area (TPSA) is 123 Å². The van der Waals surface area contributed by atoms with Gasteiger partial charge in [0, 0.05) is 12.7 Å². The predicted octanol–water partition coefficient (Wildman–Crippen LogP) is 2.57. The highest BCUT2D eigenvalue weighted by Gasteiger charge is 2.13. The van der Waals surface area contributed by atoms with E-state index in [1.54, 1.807) is 30.5 Å². The van der Waals surface area contributed by atoms with Crippen molar-refractivity contribution in [1.82, 2.24) is 4.98 Å². The molecule has 0 saturated heterocycles. The van der Waals surface area contributed by atoms with Gasteiger partial charge in [0.15, 0.2) is 0 Å². The summed E-state index contributed by atoms with van der Waals surface area (Å²) < 4.78 is 4.85. The largest absolute Gasteiger partial charge is 0.465 e. The summed E-state index contributed by atoms with van der Waals surface area (Å²) in [6, 6.07) is 18.1. The molecule has 0 spiro atoms. The molecule has 2 amide bonds. The van der Waals surface area contributed by atoms with E-state index in [0.29, 0.717) is 23.6 Å². The number of aromatic nitrogens is 1. The Morgan fingerprint density at radius 1 is 1.00 bits per heavy atom. The van der Waals surface area contributed by atoms with Crippen molar-refractivity contribution in [2.45, 2.75) is 6.54 Å². The number of nitrogens with two attached hydrogens (primary N) is 1. The van der Waals surface area contributed by atoms with Crippen LogP contribution in [-0.2, 0) is 20.9 Å². The fraction of sp³-hybridized carbons (Fsp3) is 0.0909. The number of anilines is 2. The number of benzene rings is 2. The first-order valence-electron chi connectivity index (χ1n) is 9.06. The quantitative estimate of drug-likeness (QED) is 0.429.